The van der Waals surface area contributed by atoms with Crippen LogP contribution >= 0.6 is 0 Å². The van der Waals surface area contributed by atoms with Crippen LogP contribution in [0.5, 0.6) is 0 Å². The van der Waals surface area contributed by atoms with Gasteiger partial charge in [0.1, 0.15) is 17.2 Å². The van der Waals surface area contributed by atoms with Crippen LogP contribution in [0.2, 0.25) is 0 Å². The first-order chi connectivity index (χ1) is 17.1. The van der Waals surface area contributed by atoms with Crippen LogP contribution in [0.15, 0.2) is 36.4 Å². The van der Waals surface area contributed by atoms with Crippen molar-refractivity contribution in [3.05, 3.63) is 42.1 Å². The second-order valence-electron chi connectivity index (χ2n) is 9.38. The van der Waals surface area contributed by atoms with Gasteiger partial charge in [-0.2, -0.15) is 0 Å². The Kier molecular flexibility index (Phi) is 6.94. The summed E-state index contributed by atoms with van der Waals surface area (Å²) in [4.78, 5) is 41.8. The molecular weight excluding hydrogens is 442 g/mol. The third kappa shape index (κ3) is 5.30. The molecule has 9 nitrogen and oxygen atoms in total. The lowest BCUT2D eigenvalue weighted by atomic mass is 10.0. The number of aromatic amines is 1. The highest BCUT2D eigenvalue weighted by Gasteiger charge is 2.29. The molecule has 184 valence electrons. The van der Waals surface area contributed by atoms with Crippen molar-refractivity contribution in [2.75, 3.05) is 44.6 Å². The average Bonchev–Trinajstić information content (AvgIpc) is 3.57. The fourth-order valence-electron chi connectivity index (χ4n) is 5.11. The van der Waals surface area contributed by atoms with Gasteiger partial charge in [0.25, 0.3) is 5.91 Å². The molecule has 0 unspecified atom stereocenters. The Morgan fingerprint density at radius 2 is 1.77 bits per heavy atom. The van der Waals surface area contributed by atoms with Gasteiger partial charge >= 0.3 is 0 Å². The number of benzene rings is 1. The molecule has 9 heteroatoms. The first-order valence-electron chi connectivity index (χ1n) is 12.6. The van der Waals surface area contributed by atoms with Crippen LogP contribution in [0.25, 0.3) is 22.4 Å². The molecule has 2 aliphatic heterocycles. The van der Waals surface area contributed by atoms with Crippen molar-refractivity contribution in [3.63, 3.8) is 0 Å². The van der Waals surface area contributed by atoms with Crippen LogP contribution in [-0.4, -0.2) is 81.9 Å². The predicted molar refractivity (Wildman–Crippen MR) is 136 cm³/mol. The topological polar surface area (TPSA) is 106 Å². The van der Waals surface area contributed by atoms with Gasteiger partial charge in [-0.05, 0) is 44.8 Å². The molecule has 3 N–H and O–H groups in total. The molecule has 35 heavy (non-hydrogen) atoms. The highest BCUT2D eigenvalue weighted by atomic mass is 16.2. The number of fused-ring (bicyclic) bond motifs is 1. The quantitative estimate of drug-likeness (QED) is 0.454. The van der Waals surface area contributed by atoms with Crippen molar-refractivity contribution in [2.24, 2.45) is 0 Å². The summed E-state index contributed by atoms with van der Waals surface area (Å²) in [6.07, 6.45) is 4.64. The van der Waals surface area contributed by atoms with E-state index < -0.39 is 0 Å². The standard InChI is InChI=1S/C26H33N7O2/c1-18(34)27-11-12-28-24-21-17-22(29-25(21)31-23(30-24)19-7-3-2-4-8-19)26(35)33-15-9-20(10-16-33)32-13-5-6-14-32/h2-4,7-8,17,20H,5-6,9-16H2,1H3,(H,27,34)(H2,28,29,30,31). The molecule has 2 aromatic heterocycles. The van der Waals surface area contributed by atoms with Gasteiger partial charge in [-0.15, -0.1) is 0 Å². The van der Waals surface area contributed by atoms with Crippen molar-refractivity contribution < 1.29 is 9.59 Å². The summed E-state index contributed by atoms with van der Waals surface area (Å²) < 4.78 is 0. The number of anilines is 1. The summed E-state index contributed by atoms with van der Waals surface area (Å²) in [7, 11) is 0. The van der Waals surface area contributed by atoms with E-state index in [1.807, 2.05) is 41.3 Å². The number of carbonyl (C=O) groups is 2. The lowest BCUT2D eigenvalue weighted by Crippen LogP contribution is -2.46. The number of hydrogen-bond acceptors (Lipinski definition) is 6. The molecule has 0 radical (unpaired) electrons. The zero-order chi connectivity index (χ0) is 24.2. The molecule has 4 heterocycles. The van der Waals surface area contributed by atoms with E-state index in [9.17, 15) is 9.59 Å². The molecule has 2 aliphatic rings. The Bertz CT molecular complexity index is 1180. The monoisotopic (exact) mass is 475 g/mol. The smallest absolute Gasteiger partial charge is 0.270 e. The second kappa shape index (κ2) is 10.4. The molecule has 2 saturated heterocycles. The molecule has 1 aromatic carbocycles. The van der Waals surface area contributed by atoms with Gasteiger partial charge < -0.3 is 25.4 Å². The Labute approximate surface area is 205 Å². The maximum absolute atomic E-state index is 13.4. The van der Waals surface area contributed by atoms with E-state index in [4.69, 9.17) is 9.97 Å². The Morgan fingerprint density at radius 1 is 1.03 bits per heavy atom. The van der Waals surface area contributed by atoms with Gasteiger partial charge in [-0.1, -0.05) is 30.3 Å². The Balaban J connectivity index is 1.36. The van der Waals surface area contributed by atoms with Crippen molar-refractivity contribution in [3.8, 4) is 11.4 Å². The van der Waals surface area contributed by atoms with Crippen molar-refractivity contribution >= 4 is 28.7 Å². The van der Waals surface area contributed by atoms with Gasteiger partial charge in [0.05, 0.1) is 5.39 Å². The van der Waals surface area contributed by atoms with E-state index in [-0.39, 0.29) is 11.8 Å². The number of nitrogens with zero attached hydrogens (tertiary/aromatic N) is 4. The zero-order valence-corrected chi connectivity index (χ0v) is 20.2. The minimum absolute atomic E-state index is 0.00771. The lowest BCUT2D eigenvalue weighted by Gasteiger charge is -2.36. The van der Waals surface area contributed by atoms with E-state index >= 15 is 0 Å². The van der Waals surface area contributed by atoms with Crippen molar-refractivity contribution in [2.45, 2.75) is 38.6 Å². The maximum atomic E-state index is 13.4. The van der Waals surface area contributed by atoms with Crippen LogP contribution < -0.4 is 10.6 Å². The summed E-state index contributed by atoms with van der Waals surface area (Å²) in [6.45, 7) is 6.42. The zero-order valence-electron chi connectivity index (χ0n) is 20.2. The summed E-state index contributed by atoms with van der Waals surface area (Å²) in [6, 6.07) is 12.2. The molecule has 0 aliphatic carbocycles. The van der Waals surface area contributed by atoms with Gasteiger partial charge in [-0.3, -0.25) is 9.59 Å². The molecule has 5 rings (SSSR count). The van der Waals surface area contributed by atoms with Crippen LogP contribution in [0.1, 0.15) is 43.1 Å². The van der Waals surface area contributed by atoms with Crippen LogP contribution in [0.4, 0.5) is 5.82 Å². The summed E-state index contributed by atoms with van der Waals surface area (Å²) >= 11 is 0. The number of piperidine rings is 1. The normalized spacial score (nSPS) is 17.1. The molecule has 3 aromatic rings. The Hall–Kier alpha value is -3.46. The number of carbonyl (C=O) groups excluding carboxylic acids is 2. The third-order valence-electron chi connectivity index (χ3n) is 6.95. The second-order valence-corrected chi connectivity index (χ2v) is 9.38. The number of aromatic nitrogens is 3. The third-order valence-corrected chi connectivity index (χ3v) is 6.95. The van der Waals surface area contributed by atoms with E-state index in [1.165, 1.54) is 32.9 Å². The van der Waals surface area contributed by atoms with Crippen LogP contribution in [0, 0.1) is 0 Å². The SMILES string of the molecule is CC(=O)NCCNc1nc(-c2ccccc2)nc2[nH]c(C(=O)N3CCC(N4CCCC4)CC3)cc12. The van der Waals surface area contributed by atoms with E-state index in [2.05, 4.69) is 20.5 Å². The number of amides is 2. The largest absolute Gasteiger partial charge is 0.368 e. The number of H-pyrrole nitrogens is 1. The maximum Gasteiger partial charge on any atom is 0.270 e. The van der Waals surface area contributed by atoms with Crippen molar-refractivity contribution in [1.29, 1.82) is 0 Å². The highest BCUT2D eigenvalue weighted by Crippen LogP contribution is 2.27. The molecule has 0 spiro atoms. The summed E-state index contributed by atoms with van der Waals surface area (Å²) in [5, 5.41) is 6.86. The summed E-state index contributed by atoms with van der Waals surface area (Å²) in [5.74, 6) is 1.15. The van der Waals surface area contributed by atoms with Gasteiger partial charge in [0, 0.05) is 44.7 Å². The molecular formula is C26H33N7O2. The van der Waals surface area contributed by atoms with Crippen LogP contribution in [-0.2, 0) is 4.79 Å². The molecule has 0 bridgehead atoms. The first kappa shape index (κ1) is 23.3. The Morgan fingerprint density at radius 3 is 2.49 bits per heavy atom. The number of likely N-dealkylation sites (tertiary alicyclic amines) is 2. The molecule has 2 fully saturated rings. The minimum atomic E-state index is -0.0763. The molecule has 0 saturated carbocycles. The highest BCUT2D eigenvalue weighted by molar-refractivity contribution is 6.00. The number of nitrogens with one attached hydrogen (secondary N) is 3. The number of hydrogen-bond donors (Lipinski definition) is 3. The van der Waals surface area contributed by atoms with E-state index in [0.29, 0.717) is 42.1 Å². The molecule has 2 amide bonds. The van der Waals surface area contributed by atoms with Crippen LogP contribution in [0.3, 0.4) is 0 Å². The van der Waals surface area contributed by atoms with E-state index in [1.54, 1.807) is 0 Å². The fourth-order valence-corrected chi connectivity index (χ4v) is 5.11. The van der Waals surface area contributed by atoms with E-state index in [0.717, 1.165) is 36.9 Å². The minimum Gasteiger partial charge on any atom is -0.368 e. The lowest BCUT2D eigenvalue weighted by molar-refractivity contribution is -0.118. The van der Waals surface area contributed by atoms with Gasteiger partial charge in [0.2, 0.25) is 5.91 Å². The average molecular weight is 476 g/mol. The summed E-state index contributed by atoms with van der Waals surface area (Å²) in [5.41, 5.74) is 2.05. The molecule has 0 atom stereocenters. The predicted octanol–water partition coefficient (Wildman–Crippen LogP) is 2.87. The first-order valence-corrected chi connectivity index (χ1v) is 12.6. The van der Waals surface area contributed by atoms with Crippen molar-refractivity contribution in [1.82, 2.24) is 30.1 Å². The fraction of sp³-hybridized carbons (Fsp3) is 0.462. The number of rotatable bonds is 7. The van der Waals surface area contributed by atoms with Gasteiger partial charge in [-0.25, -0.2) is 9.97 Å². The van der Waals surface area contributed by atoms with Gasteiger partial charge in [0.15, 0.2) is 5.82 Å².